The fourth-order valence-corrected chi connectivity index (χ4v) is 3.17. The van der Waals surface area contributed by atoms with Gasteiger partial charge in [-0.3, -0.25) is 4.79 Å². The highest BCUT2D eigenvalue weighted by Crippen LogP contribution is 2.31. The number of carbonyl (C=O) groups excluding carboxylic acids is 1. The number of benzene rings is 1. The molecule has 1 aliphatic carbocycles. The highest BCUT2D eigenvalue weighted by atomic mass is 35.5. The fourth-order valence-electron chi connectivity index (χ4n) is 2.99. The van der Waals surface area contributed by atoms with E-state index in [1.54, 1.807) is 6.07 Å². The molecule has 110 valence electrons. The highest BCUT2D eigenvalue weighted by molar-refractivity contribution is 6.31. The van der Waals surface area contributed by atoms with E-state index in [9.17, 15) is 4.79 Å². The second-order valence-electron chi connectivity index (χ2n) is 6.14. The number of aldehydes is 1. The van der Waals surface area contributed by atoms with Crippen LogP contribution in [0.5, 0.6) is 0 Å². The van der Waals surface area contributed by atoms with Crippen molar-refractivity contribution in [3.05, 3.63) is 28.8 Å². The lowest BCUT2D eigenvalue weighted by Crippen LogP contribution is -2.35. The second kappa shape index (κ2) is 7.12. The van der Waals surface area contributed by atoms with Crippen LogP contribution in [0.2, 0.25) is 5.02 Å². The minimum absolute atomic E-state index is 0.577. The molecule has 0 heterocycles. The van der Waals surface area contributed by atoms with Gasteiger partial charge in [0.05, 0.1) is 0 Å². The number of rotatable bonds is 6. The molecule has 1 aromatic rings. The summed E-state index contributed by atoms with van der Waals surface area (Å²) in [5.41, 5.74) is 1.77. The Hall–Kier alpha value is -1.02. The molecule has 1 aromatic carbocycles. The van der Waals surface area contributed by atoms with Gasteiger partial charge < -0.3 is 4.90 Å². The monoisotopic (exact) mass is 293 g/mol. The maximum Gasteiger partial charge on any atom is 0.152 e. The third kappa shape index (κ3) is 3.76. The van der Waals surface area contributed by atoms with Gasteiger partial charge in [0, 0.05) is 28.9 Å². The predicted molar refractivity (Wildman–Crippen MR) is 85.9 cm³/mol. The topological polar surface area (TPSA) is 20.3 Å². The Labute approximate surface area is 127 Å². The van der Waals surface area contributed by atoms with Gasteiger partial charge in [0.25, 0.3) is 0 Å². The molecular formula is C17H24ClNO. The van der Waals surface area contributed by atoms with Gasteiger partial charge in [-0.1, -0.05) is 38.3 Å². The lowest BCUT2D eigenvalue weighted by Gasteiger charge is -2.33. The Morgan fingerprint density at radius 3 is 2.65 bits per heavy atom. The molecule has 1 fully saturated rings. The molecule has 3 heteroatoms. The first-order valence-electron chi connectivity index (χ1n) is 7.63. The van der Waals surface area contributed by atoms with Gasteiger partial charge in [-0.2, -0.15) is 0 Å². The number of anilines is 1. The number of halogens is 1. The van der Waals surface area contributed by atoms with Crippen molar-refractivity contribution in [1.82, 2.24) is 0 Å². The first-order chi connectivity index (χ1) is 9.61. The van der Waals surface area contributed by atoms with Gasteiger partial charge >= 0.3 is 0 Å². The lowest BCUT2D eigenvalue weighted by molar-refractivity contribution is 0.112. The van der Waals surface area contributed by atoms with E-state index in [4.69, 9.17) is 11.6 Å². The van der Waals surface area contributed by atoms with Gasteiger partial charge in [0.15, 0.2) is 6.29 Å². The van der Waals surface area contributed by atoms with Crippen molar-refractivity contribution in [2.24, 2.45) is 5.92 Å². The molecule has 2 nitrogen and oxygen atoms in total. The summed E-state index contributed by atoms with van der Waals surface area (Å²) >= 11 is 6.01. The van der Waals surface area contributed by atoms with E-state index in [-0.39, 0.29) is 0 Å². The summed E-state index contributed by atoms with van der Waals surface area (Å²) in [6, 6.07) is 6.25. The van der Waals surface area contributed by atoms with Crippen LogP contribution < -0.4 is 4.90 Å². The Bertz CT molecular complexity index is 452. The molecule has 0 unspecified atom stereocenters. The maximum absolute atomic E-state index is 11.4. The summed E-state index contributed by atoms with van der Waals surface area (Å²) in [6.07, 6.45) is 7.15. The summed E-state index contributed by atoms with van der Waals surface area (Å²) in [4.78, 5) is 13.8. The SMILES string of the molecule is CC(C)CCN(c1ccc(Cl)cc1C=O)C1CCCC1. The number of nitrogens with zero attached hydrogens (tertiary/aromatic N) is 1. The van der Waals surface area contributed by atoms with Gasteiger partial charge in [-0.15, -0.1) is 0 Å². The molecule has 0 radical (unpaired) electrons. The van der Waals surface area contributed by atoms with Crippen molar-refractivity contribution in [3.8, 4) is 0 Å². The predicted octanol–water partition coefficient (Wildman–Crippen LogP) is 4.95. The molecule has 0 spiro atoms. The molecule has 0 amide bonds. The minimum atomic E-state index is 0.577. The van der Waals surface area contributed by atoms with E-state index in [0.29, 0.717) is 22.5 Å². The summed E-state index contributed by atoms with van der Waals surface area (Å²) in [7, 11) is 0. The summed E-state index contributed by atoms with van der Waals surface area (Å²) in [6.45, 7) is 5.51. The fraction of sp³-hybridized carbons (Fsp3) is 0.588. The molecular weight excluding hydrogens is 270 g/mol. The third-order valence-corrected chi connectivity index (χ3v) is 4.37. The van der Waals surface area contributed by atoms with Crippen molar-refractivity contribution in [1.29, 1.82) is 0 Å². The number of hydrogen-bond acceptors (Lipinski definition) is 2. The Kier molecular flexibility index (Phi) is 5.47. The van der Waals surface area contributed by atoms with Crippen LogP contribution in [0.15, 0.2) is 18.2 Å². The van der Waals surface area contributed by atoms with Crippen LogP contribution in [-0.4, -0.2) is 18.9 Å². The number of hydrogen-bond donors (Lipinski definition) is 0. The Morgan fingerprint density at radius 1 is 1.35 bits per heavy atom. The van der Waals surface area contributed by atoms with Crippen molar-refractivity contribution in [3.63, 3.8) is 0 Å². The molecule has 0 atom stereocenters. The van der Waals surface area contributed by atoms with E-state index in [1.165, 1.54) is 25.7 Å². The quantitative estimate of drug-likeness (QED) is 0.692. The first kappa shape index (κ1) is 15.4. The molecule has 0 saturated heterocycles. The summed E-state index contributed by atoms with van der Waals surface area (Å²) < 4.78 is 0. The van der Waals surface area contributed by atoms with Crippen LogP contribution in [0.1, 0.15) is 56.3 Å². The zero-order valence-electron chi connectivity index (χ0n) is 12.4. The zero-order chi connectivity index (χ0) is 14.5. The molecule has 0 bridgehead atoms. The Morgan fingerprint density at radius 2 is 2.05 bits per heavy atom. The van der Waals surface area contributed by atoms with Crippen LogP contribution in [0.25, 0.3) is 0 Å². The molecule has 0 N–H and O–H groups in total. The first-order valence-corrected chi connectivity index (χ1v) is 8.01. The minimum Gasteiger partial charge on any atom is -0.368 e. The van der Waals surface area contributed by atoms with Crippen LogP contribution in [0.4, 0.5) is 5.69 Å². The average molecular weight is 294 g/mol. The van der Waals surface area contributed by atoms with E-state index in [0.717, 1.165) is 24.9 Å². The van der Waals surface area contributed by atoms with Crippen molar-refractivity contribution < 1.29 is 4.79 Å². The number of carbonyl (C=O) groups is 1. The van der Waals surface area contributed by atoms with Crippen molar-refractivity contribution in [2.45, 2.75) is 52.0 Å². The van der Waals surface area contributed by atoms with Gasteiger partial charge in [0.2, 0.25) is 0 Å². The van der Waals surface area contributed by atoms with Gasteiger partial charge in [-0.05, 0) is 43.4 Å². The summed E-state index contributed by atoms with van der Waals surface area (Å²) in [5.74, 6) is 0.672. The van der Waals surface area contributed by atoms with E-state index >= 15 is 0 Å². The zero-order valence-corrected chi connectivity index (χ0v) is 13.2. The van der Waals surface area contributed by atoms with Crippen LogP contribution in [0, 0.1) is 5.92 Å². The van der Waals surface area contributed by atoms with E-state index in [1.807, 2.05) is 12.1 Å². The van der Waals surface area contributed by atoms with Crippen molar-refractivity contribution >= 4 is 23.6 Å². The van der Waals surface area contributed by atoms with Crippen LogP contribution in [0.3, 0.4) is 0 Å². The second-order valence-corrected chi connectivity index (χ2v) is 6.57. The molecule has 1 aliphatic rings. The molecule has 1 saturated carbocycles. The molecule has 0 aliphatic heterocycles. The lowest BCUT2D eigenvalue weighted by atomic mass is 10.1. The largest absolute Gasteiger partial charge is 0.368 e. The van der Waals surface area contributed by atoms with Crippen molar-refractivity contribution in [2.75, 3.05) is 11.4 Å². The van der Waals surface area contributed by atoms with Crippen LogP contribution >= 0.6 is 11.6 Å². The summed E-state index contributed by atoms with van der Waals surface area (Å²) in [5, 5.41) is 0.631. The van der Waals surface area contributed by atoms with Gasteiger partial charge in [0.1, 0.15) is 0 Å². The molecule has 2 rings (SSSR count). The maximum atomic E-state index is 11.4. The molecule has 20 heavy (non-hydrogen) atoms. The third-order valence-electron chi connectivity index (χ3n) is 4.14. The molecule has 0 aromatic heterocycles. The van der Waals surface area contributed by atoms with E-state index < -0.39 is 0 Å². The standard InChI is InChI=1S/C17H24ClNO/c1-13(2)9-10-19(16-5-3-4-6-16)17-8-7-15(18)11-14(17)12-20/h7-8,11-13,16H,3-6,9-10H2,1-2H3. The smallest absolute Gasteiger partial charge is 0.152 e. The normalized spacial score (nSPS) is 15.8. The Balaban J connectivity index is 2.26. The van der Waals surface area contributed by atoms with Crippen LogP contribution in [-0.2, 0) is 0 Å². The average Bonchev–Trinajstić information content (AvgIpc) is 2.94. The highest BCUT2D eigenvalue weighted by Gasteiger charge is 2.24. The van der Waals surface area contributed by atoms with E-state index in [2.05, 4.69) is 18.7 Å². The van der Waals surface area contributed by atoms with Gasteiger partial charge in [-0.25, -0.2) is 0 Å².